The Hall–Kier alpha value is -3.35. The number of benzene rings is 1. The quantitative estimate of drug-likeness (QED) is 0.663. The van der Waals surface area contributed by atoms with E-state index in [0.29, 0.717) is 5.56 Å². The molecule has 1 aromatic carbocycles. The predicted octanol–water partition coefficient (Wildman–Crippen LogP) is 2.23. The normalized spacial score (nSPS) is 15.1. The number of hydrogen-bond donors (Lipinski definition) is 1. The maximum atomic E-state index is 12.4. The first-order valence-corrected chi connectivity index (χ1v) is 8.02. The molecule has 7 nitrogen and oxygen atoms in total. The van der Waals surface area contributed by atoms with Gasteiger partial charge in [-0.3, -0.25) is 19.4 Å². The number of aromatic nitrogens is 1. The molecule has 0 radical (unpaired) electrons. The lowest BCUT2D eigenvalue weighted by atomic mass is 10.1. The van der Waals surface area contributed by atoms with Crippen LogP contribution in [0.2, 0.25) is 0 Å². The van der Waals surface area contributed by atoms with E-state index < -0.39 is 17.8 Å². The average Bonchev–Trinajstić information content (AvgIpc) is 2.88. The first-order valence-electron chi connectivity index (χ1n) is 8.02. The number of phenolic OH excluding ortho intramolecular Hbond substituents is 1. The number of urea groups is 1. The molecule has 2 aromatic rings. The van der Waals surface area contributed by atoms with Gasteiger partial charge in [0, 0.05) is 37.2 Å². The minimum Gasteiger partial charge on any atom is -0.508 e. The lowest BCUT2D eigenvalue weighted by Crippen LogP contribution is -2.52. The Kier molecular flexibility index (Phi) is 4.15. The number of aromatic hydroxyl groups is 1. The molecule has 2 heterocycles. The molecule has 0 unspecified atom stereocenters. The van der Waals surface area contributed by atoms with Crippen molar-refractivity contribution < 1.29 is 19.5 Å². The molecule has 1 saturated heterocycles. The maximum absolute atomic E-state index is 12.4. The molecule has 1 N–H and O–H groups in total. The molecule has 7 heteroatoms. The van der Waals surface area contributed by atoms with E-state index in [1.165, 1.54) is 20.2 Å². The van der Waals surface area contributed by atoms with Crippen LogP contribution in [-0.2, 0) is 9.59 Å². The highest BCUT2D eigenvalue weighted by Crippen LogP contribution is 2.26. The molecule has 1 aliphatic rings. The minimum atomic E-state index is -0.651. The zero-order valence-electron chi connectivity index (χ0n) is 15.0. The van der Waals surface area contributed by atoms with Crippen LogP contribution in [0.5, 0.6) is 5.75 Å². The SMILES string of the molecule is Cc1cc(C=C2C(=O)N(C)C(=O)N(C)C2=O)c(C)n1-c1cccc(O)c1. The summed E-state index contributed by atoms with van der Waals surface area (Å²) in [6.45, 7) is 3.76. The molecular formula is C19H19N3O4. The Morgan fingerprint density at radius 2 is 1.58 bits per heavy atom. The number of amides is 4. The van der Waals surface area contributed by atoms with Gasteiger partial charge in [-0.1, -0.05) is 6.07 Å². The van der Waals surface area contributed by atoms with Gasteiger partial charge in [0.15, 0.2) is 0 Å². The summed E-state index contributed by atoms with van der Waals surface area (Å²) in [4.78, 5) is 38.4. The van der Waals surface area contributed by atoms with Gasteiger partial charge in [0.25, 0.3) is 11.8 Å². The van der Waals surface area contributed by atoms with Gasteiger partial charge in [-0.05, 0) is 43.7 Å². The average molecular weight is 353 g/mol. The Morgan fingerprint density at radius 1 is 0.962 bits per heavy atom. The summed E-state index contributed by atoms with van der Waals surface area (Å²) in [7, 11) is 2.69. The van der Waals surface area contributed by atoms with Crippen molar-refractivity contribution in [2.45, 2.75) is 13.8 Å². The largest absolute Gasteiger partial charge is 0.508 e. The number of phenols is 1. The second-order valence-corrected chi connectivity index (χ2v) is 6.25. The van der Waals surface area contributed by atoms with E-state index in [9.17, 15) is 19.5 Å². The van der Waals surface area contributed by atoms with Crippen molar-refractivity contribution in [2.24, 2.45) is 0 Å². The van der Waals surface area contributed by atoms with Crippen molar-refractivity contribution in [3.63, 3.8) is 0 Å². The number of imide groups is 2. The topological polar surface area (TPSA) is 82.9 Å². The van der Waals surface area contributed by atoms with Crippen LogP contribution in [-0.4, -0.2) is 51.4 Å². The number of barbiturate groups is 1. The van der Waals surface area contributed by atoms with Crippen LogP contribution in [0.15, 0.2) is 35.9 Å². The number of nitrogens with zero attached hydrogens (tertiary/aromatic N) is 3. The van der Waals surface area contributed by atoms with Gasteiger partial charge >= 0.3 is 6.03 Å². The van der Waals surface area contributed by atoms with Crippen molar-refractivity contribution >= 4 is 23.9 Å². The third-order valence-corrected chi connectivity index (χ3v) is 4.50. The minimum absolute atomic E-state index is 0.0641. The van der Waals surface area contributed by atoms with Crippen LogP contribution in [0.3, 0.4) is 0 Å². The summed E-state index contributed by atoms with van der Waals surface area (Å²) in [6.07, 6.45) is 1.51. The van der Waals surface area contributed by atoms with E-state index >= 15 is 0 Å². The number of carbonyl (C=O) groups is 3. The number of rotatable bonds is 2. The lowest BCUT2D eigenvalue weighted by Gasteiger charge is -2.28. The summed E-state index contributed by atoms with van der Waals surface area (Å²) in [5.74, 6) is -1.10. The summed E-state index contributed by atoms with van der Waals surface area (Å²) in [5, 5.41) is 9.72. The Labute approximate surface area is 150 Å². The highest BCUT2D eigenvalue weighted by atomic mass is 16.3. The van der Waals surface area contributed by atoms with E-state index in [2.05, 4.69) is 0 Å². The standard InChI is InChI=1S/C19H19N3O4/c1-11-8-13(12(2)22(11)14-6-5-7-15(23)10-14)9-16-17(24)20(3)19(26)21(4)18(16)25/h5-10,23H,1-4H3. The molecule has 3 rings (SSSR count). The lowest BCUT2D eigenvalue weighted by molar-refractivity contribution is -0.134. The molecule has 1 aliphatic heterocycles. The van der Waals surface area contributed by atoms with E-state index in [4.69, 9.17) is 0 Å². The summed E-state index contributed by atoms with van der Waals surface area (Å²) >= 11 is 0. The third kappa shape index (κ3) is 2.67. The predicted molar refractivity (Wildman–Crippen MR) is 95.8 cm³/mol. The Morgan fingerprint density at radius 3 is 2.15 bits per heavy atom. The van der Waals surface area contributed by atoms with Gasteiger partial charge < -0.3 is 9.67 Å². The Bertz CT molecular complexity index is 945. The molecular weight excluding hydrogens is 334 g/mol. The van der Waals surface area contributed by atoms with E-state index in [1.807, 2.05) is 30.5 Å². The highest BCUT2D eigenvalue weighted by molar-refractivity contribution is 6.30. The molecule has 0 bridgehead atoms. The van der Waals surface area contributed by atoms with Crippen molar-refractivity contribution in [3.8, 4) is 11.4 Å². The number of aryl methyl sites for hydroxylation is 1. The highest BCUT2D eigenvalue weighted by Gasteiger charge is 2.37. The summed E-state index contributed by atoms with van der Waals surface area (Å²) in [5.41, 5.74) is 3.09. The Balaban J connectivity index is 2.10. The van der Waals surface area contributed by atoms with Crippen LogP contribution < -0.4 is 0 Å². The number of carbonyl (C=O) groups excluding carboxylic acids is 3. The van der Waals surface area contributed by atoms with Gasteiger partial charge in [-0.15, -0.1) is 0 Å². The molecule has 1 aromatic heterocycles. The third-order valence-electron chi connectivity index (χ3n) is 4.50. The fourth-order valence-corrected chi connectivity index (χ4v) is 3.09. The molecule has 0 atom stereocenters. The summed E-state index contributed by atoms with van der Waals surface area (Å²) < 4.78 is 1.92. The molecule has 0 aliphatic carbocycles. The summed E-state index contributed by atoms with van der Waals surface area (Å²) in [6, 6.07) is 8.02. The van der Waals surface area contributed by atoms with Crippen LogP contribution in [0.1, 0.15) is 17.0 Å². The van der Waals surface area contributed by atoms with Gasteiger partial charge in [0.05, 0.1) is 0 Å². The second-order valence-electron chi connectivity index (χ2n) is 6.25. The van der Waals surface area contributed by atoms with E-state index in [0.717, 1.165) is 26.9 Å². The van der Waals surface area contributed by atoms with Crippen molar-refractivity contribution in [3.05, 3.63) is 52.9 Å². The first kappa shape index (κ1) is 17.5. The molecule has 0 spiro atoms. The monoisotopic (exact) mass is 353 g/mol. The molecule has 4 amide bonds. The van der Waals surface area contributed by atoms with Crippen LogP contribution in [0.25, 0.3) is 11.8 Å². The van der Waals surface area contributed by atoms with Gasteiger partial charge in [0.2, 0.25) is 0 Å². The van der Waals surface area contributed by atoms with Crippen molar-refractivity contribution in [1.29, 1.82) is 0 Å². The smallest absolute Gasteiger partial charge is 0.333 e. The van der Waals surface area contributed by atoms with Crippen LogP contribution >= 0.6 is 0 Å². The van der Waals surface area contributed by atoms with Crippen LogP contribution in [0.4, 0.5) is 4.79 Å². The van der Waals surface area contributed by atoms with Crippen LogP contribution in [0, 0.1) is 13.8 Å². The first-order chi connectivity index (χ1) is 12.2. The molecule has 26 heavy (non-hydrogen) atoms. The molecule has 1 fully saturated rings. The number of likely N-dealkylation sites (N-methyl/N-ethyl adjacent to an activating group) is 2. The number of hydrogen-bond acceptors (Lipinski definition) is 4. The van der Waals surface area contributed by atoms with Gasteiger partial charge in [-0.25, -0.2) is 4.79 Å². The van der Waals surface area contributed by atoms with Crippen molar-refractivity contribution in [2.75, 3.05) is 14.1 Å². The zero-order valence-corrected chi connectivity index (χ0v) is 15.0. The molecule has 134 valence electrons. The fraction of sp³-hybridized carbons (Fsp3) is 0.211. The van der Waals surface area contributed by atoms with Gasteiger partial charge in [-0.2, -0.15) is 0 Å². The fourth-order valence-electron chi connectivity index (χ4n) is 3.09. The second kappa shape index (κ2) is 6.18. The van der Waals surface area contributed by atoms with Gasteiger partial charge in [0.1, 0.15) is 11.3 Å². The van der Waals surface area contributed by atoms with E-state index in [-0.39, 0.29) is 11.3 Å². The van der Waals surface area contributed by atoms with Crippen molar-refractivity contribution in [1.82, 2.24) is 14.4 Å². The maximum Gasteiger partial charge on any atom is 0.333 e. The molecule has 0 saturated carbocycles. The van der Waals surface area contributed by atoms with E-state index in [1.54, 1.807) is 18.2 Å². The zero-order chi connectivity index (χ0) is 19.2.